The summed E-state index contributed by atoms with van der Waals surface area (Å²) in [4.78, 5) is 11.5. The molecular weight excluding hydrogens is 208 g/mol. The number of hydrogen-bond acceptors (Lipinski definition) is 4. The fourth-order valence-electron chi connectivity index (χ4n) is 1.28. The number of amides is 1. The Morgan fingerprint density at radius 3 is 2.81 bits per heavy atom. The molecule has 16 heavy (non-hydrogen) atoms. The molecule has 0 aromatic rings. The van der Waals surface area contributed by atoms with Crippen molar-refractivity contribution in [3.63, 3.8) is 0 Å². The Bertz CT molecular complexity index is 177. The van der Waals surface area contributed by atoms with Crippen LogP contribution < -0.4 is 11.1 Å². The Morgan fingerprint density at radius 2 is 2.19 bits per heavy atom. The number of aliphatic hydroxyl groups is 1. The van der Waals surface area contributed by atoms with E-state index in [2.05, 4.69) is 5.32 Å². The Labute approximate surface area is 97.3 Å². The van der Waals surface area contributed by atoms with E-state index in [0.29, 0.717) is 26.3 Å². The van der Waals surface area contributed by atoms with Gasteiger partial charge in [0.1, 0.15) is 0 Å². The molecule has 1 atom stereocenters. The zero-order valence-electron chi connectivity index (χ0n) is 10.1. The van der Waals surface area contributed by atoms with Gasteiger partial charge in [0.15, 0.2) is 0 Å². The van der Waals surface area contributed by atoms with Crippen molar-refractivity contribution in [2.75, 3.05) is 32.9 Å². The van der Waals surface area contributed by atoms with Crippen LogP contribution in [-0.4, -0.2) is 43.9 Å². The summed E-state index contributed by atoms with van der Waals surface area (Å²) >= 11 is 0. The first-order valence-corrected chi connectivity index (χ1v) is 5.88. The highest BCUT2D eigenvalue weighted by Gasteiger charge is 2.10. The third-order valence-corrected chi connectivity index (χ3v) is 2.29. The second-order valence-electron chi connectivity index (χ2n) is 3.81. The number of nitrogens with one attached hydrogen (secondary N) is 1. The average Bonchev–Trinajstić information content (AvgIpc) is 2.30. The molecule has 4 N–H and O–H groups in total. The monoisotopic (exact) mass is 232 g/mol. The molecule has 0 aliphatic rings. The molecule has 0 bridgehead atoms. The van der Waals surface area contributed by atoms with Crippen LogP contribution in [0.5, 0.6) is 0 Å². The zero-order chi connectivity index (χ0) is 12.2. The lowest BCUT2D eigenvalue weighted by Crippen LogP contribution is -2.30. The van der Waals surface area contributed by atoms with Crippen LogP contribution in [0.4, 0.5) is 0 Å². The van der Waals surface area contributed by atoms with Crippen LogP contribution >= 0.6 is 0 Å². The highest BCUT2D eigenvalue weighted by Crippen LogP contribution is 2.04. The lowest BCUT2D eigenvalue weighted by atomic mass is 10.1. The van der Waals surface area contributed by atoms with Crippen LogP contribution in [0.3, 0.4) is 0 Å². The van der Waals surface area contributed by atoms with Crippen LogP contribution in [0.2, 0.25) is 0 Å². The first kappa shape index (κ1) is 15.3. The molecule has 0 saturated heterocycles. The summed E-state index contributed by atoms with van der Waals surface area (Å²) in [6.07, 6.45) is 2.49. The molecule has 1 amide bonds. The Hall–Kier alpha value is -0.650. The lowest BCUT2D eigenvalue weighted by Gasteiger charge is -2.11. The van der Waals surface area contributed by atoms with Crippen molar-refractivity contribution >= 4 is 5.91 Å². The molecule has 0 aliphatic heterocycles. The number of aliphatic hydroxyl groups excluding tert-OH is 1. The summed E-state index contributed by atoms with van der Waals surface area (Å²) in [7, 11) is 0. The normalized spacial score (nSPS) is 12.4. The maximum atomic E-state index is 11.5. The first-order chi connectivity index (χ1) is 7.72. The molecule has 0 spiro atoms. The molecule has 0 heterocycles. The molecule has 5 nitrogen and oxygen atoms in total. The Morgan fingerprint density at radius 1 is 1.44 bits per heavy atom. The highest BCUT2D eigenvalue weighted by atomic mass is 16.5. The number of rotatable bonds is 10. The Balaban J connectivity index is 3.35. The summed E-state index contributed by atoms with van der Waals surface area (Å²) in [5, 5.41) is 11.3. The molecule has 0 aromatic carbocycles. The fraction of sp³-hybridized carbons (Fsp3) is 0.909. The first-order valence-electron chi connectivity index (χ1n) is 5.88. The molecule has 96 valence electrons. The molecule has 0 saturated carbocycles. The summed E-state index contributed by atoms with van der Waals surface area (Å²) in [6.45, 7) is 4.14. The van der Waals surface area contributed by atoms with Crippen molar-refractivity contribution in [2.45, 2.75) is 26.2 Å². The molecule has 0 aromatic heterocycles. The SMILES string of the molecule is CC(CCCN)C(=O)NCCCOCCO. The van der Waals surface area contributed by atoms with Crippen LogP contribution in [-0.2, 0) is 9.53 Å². The molecule has 5 heteroatoms. The minimum absolute atomic E-state index is 0.0295. The zero-order valence-corrected chi connectivity index (χ0v) is 10.1. The van der Waals surface area contributed by atoms with Crippen molar-refractivity contribution < 1.29 is 14.6 Å². The highest BCUT2D eigenvalue weighted by molar-refractivity contribution is 5.78. The van der Waals surface area contributed by atoms with Gasteiger partial charge in [-0.25, -0.2) is 0 Å². The van der Waals surface area contributed by atoms with Crippen molar-refractivity contribution in [1.82, 2.24) is 5.32 Å². The minimum atomic E-state index is 0.0295. The van der Waals surface area contributed by atoms with Crippen LogP contribution in [0.25, 0.3) is 0 Å². The van der Waals surface area contributed by atoms with Crippen molar-refractivity contribution in [3.8, 4) is 0 Å². The lowest BCUT2D eigenvalue weighted by molar-refractivity contribution is -0.124. The van der Waals surface area contributed by atoms with Crippen LogP contribution in [0, 0.1) is 5.92 Å². The maximum Gasteiger partial charge on any atom is 0.222 e. The number of ether oxygens (including phenoxy) is 1. The van der Waals surface area contributed by atoms with Gasteiger partial charge in [-0.15, -0.1) is 0 Å². The summed E-state index contributed by atoms with van der Waals surface area (Å²) in [5.41, 5.74) is 5.38. The van der Waals surface area contributed by atoms with Crippen LogP contribution in [0.15, 0.2) is 0 Å². The van der Waals surface area contributed by atoms with E-state index < -0.39 is 0 Å². The molecule has 0 fully saturated rings. The van der Waals surface area contributed by atoms with Crippen molar-refractivity contribution in [2.24, 2.45) is 11.7 Å². The van der Waals surface area contributed by atoms with E-state index >= 15 is 0 Å². The second kappa shape index (κ2) is 10.9. The number of carbonyl (C=O) groups excluding carboxylic acids is 1. The molecule has 0 rings (SSSR count). The van der Waals surface area contributed by atoms with E-state index in [4.69, 9.17) is 15.6 Å². The number of hydrogen-bond donors (Lipinski definition) is 3. The van der Waals surface area contributed by atoms with E-state index in [9.17, 15) is 4.79 Å². The summed E-state index contributed by atoms with van der Waals surface area (Å²) in [6, 6.07) is 0. The third-order valence-electron chi connectivity index (χ3n) is 2.29. The minimum Gasteiger partial charge on any atom is -0.394 e. The second-order valence-corrected chi connectivity index (χ2v) is 3.81. The van der Waals surface area contributed by atoms with Gasteiger partial charge in [-0.1, -0.05) is 6.92 Å². The molecular formula is C11H24N2O3. The maximum absolute atomic E-state index is 11.5. The van der Waals surface area contributed by atoms with Gasteiger partial charge in [0.05, 0.1) is 13.2 Å². The largest absolute Gasteiger partial charge is 0.394 e. The molecule has 0 radical (unpaired) electrons. The van der Waals surface area contributed by atoms with E-state index in [1.807, 2.05) is 6.92 Å². The van der Waals surface area contributed by atoms with Crippen molar-refractivity contribution in [3.05, 3.63) is 0 Å². The Kier molecular flexibility index (Phi) is 10.4. The van der Waals surface area contributed by atoms with Gasteiger partial charge in [0, 0.05) is 19.1 Å². The molecule has 1 unspecified atom stereocenters. The molecule has 0 aliphatic carbocycles. The van der Waals surface area contributed by atoms with Gasteiger partial charge in [-0.05, 0) is 25.8 Å². The van der Waals surface area contributed by atoms with Gasteiger partial charge in [0.2, 0.25) is 5.91 Å². The number of nitrogens with two attached hydrogens (primary N) is 1. The van der Waals surface area contributed by atoms with Crippen LogP contribution in [0.1, 0.15) is 26.2 Å². The van der Waals surface area contributed by atoms with Gasteiger partial charge in [-0.2, -0.15) is 0 Å². The topological polar surface area (TPSA) is 84.6 Å². The van der Waals surface area contributed by atoms with Gasteiger partial charge in [-0.3, -0.25) is 4.79 Å². The number of carbonyl (C=O) groups is 1. The van der Waals surface area contributed by atoms with E-state index in [1.54, 1.807) is 0 Å². The van der Waals surface area contributed by atoms with Gasteiger partial charge >= 0.3 is 0 Å². The average molecular weight is 232 g/mol. The predicted molar refractivity (Wildman–Crippen MR) is 63.0 cm³/mol. The quantitative estimate of drug-likeness (QED) is 0.458. The van der Waals surface area contributed by atoms with Gasteiger partial charge < -0.3 is 20.9 Å². The smallest absolute Gasteiger partial charge is 0.222 e. The standard InChI is InChI=1S/C11H24N2O3/c1-10(4-2-5-12)11(15)13-6-3-8-16-9-7-14/h10,14H,2-9,12H2,1H3,(H,13,15). The third kappa shape index (κ3) is 8.64. The van der Waals surface area contributed by atoms with Crippen molar-refractivity contribution in [1.29, 1.82) is 0 Å². The van der Waals surface area contributed by atoms with E-state index in [-0.39, 0.29) is 18.4 Å². The van der Waals surface area contributed by atoms with Gasteiger partial charge in [0.25, 0.3) is 0 Å². The summed E-state index contributed by atoms with van der Waals surface area (Å²) < 4.78 is 5.07. The summed E-state index contributed by atoms with van der Waals surface area (Å²) in [5.74, 6) is 0.109. The fourth-order valence-corrected chi connectivity index (χ4v) is 1.28. The van der Waals surface area contributed by atoms with E-state index in [1.165, 1.54) is 0 Å². The van der Waals surface area contributed by atoms with E-state index in [0.717, 1.165) is 19.3 Å². The predicted octanol–water partition coefficient (Wildman–Crippen LogP) is -0.123.